The number of hydrogen-bond donors (Lipinski definition) is 0. The van der Waals surface area contributed by atoms with Crippen LogP contribution in [0.15, 0.2) is 0 Å². The lowest BCUT2D eigenvalue weighted by molar-refractivity contribution is -0.167. The summed E-state index contributed by atoms with van der Waals surface area (Å²) in [7, 11) is 0. The van der Waals surface area contributed by atoms with Crippen LogP contribution in [0.2, 0.25) is 0 Å². The largest absolute Gasteiger partial charge is 0.462 e. The van der Waals surface area contributed by atoms with Crippen LogP contribution in [0.1, 0.15) is 259 Å². The minimum absolute atomic E-state index is 0.0651. The molecule has 1 unspecified atom stereocenters. The molecule has 6 heteroatoms. The molecule has 54 heavy (non-hydrogen) atoms. The topological polar surface area (TPSA) is 78.9 Å². The molecule has 0 aliphatic rings. The van der Waals surface area contributed by atoms with Crippen molar-refractivity contribution < 1.29 is 28.6 Å². The highest BCUT2D eigenvalue weighted by atomic mass is 16.6. The van der Waals surface area contributed by atoms with Gasteiger partial charge in [-0.2, -0.15) is 0 Å². The van der Waals surface area contributed by atoms with E-state index in [1.54, 1.807) is 0 Å². The summed E-state index contributed by atoms with van der Waals surface area (Å²) >= 11 is 0. The van der Waals surface area contributed by atoms with Gasteiger partial charge in [0, 0.05) is 19.3 Å². The molecule has 2 atom stereocenters. The van der Waals surface area contributed by atoms with Gasteiger partial charge in [0.15, 0.2) is 6.10 Å². The Labute approximate surface area is 336 Å². The lowest BCUT2D eigenvalue weighted by atomic mass is 9.99. The van der Waals surface area contributed by atoms with E-state index < -0.39 is 6.10 Å². The van der Waals surface area contributed by atoms with E-state index in [-0.39, 0.29) is 31.1 Å². The van der Waals surface area contributed by atoms with Crippen molar-refractivity contribution >= 4 is 17.9 Å². The lowest BCUT2D eigenvalue weighted by Gasteiger charge is -2.18. The second-order valence-electron chi connectivity index (χ2n) is 17.1. The molecule has 0 aromatic carbocycles. The van der Waals surface area contributed by atoms with Gasteiger partial charge in [0.05, 0.1) is 0 Å². The predicted molar refractivity (Wildman–Crippen MR) is 229 cm³/mol. The molecule has 0 heterocycles. The van der Waals surface area contributed by atoms with Crippen molar-refractivity contribution in [3.8, 4) is 0 Å². The van der Waals surface area contributed by atoms with Gasteiger partial charge in [0.25, 0.3) is 0 Å². The first kappa shape index (κ1) is 52.4. The van der Waals surface area contributed by atoms with Crippen molar-refractivity contribution in [1.82, 2.24) is 0 Å². The maximum Gasteiger partial charge on any atom is 0.306 e. The summed E-state index contributed by atoms with van der Waals surface area (Å²) in [5.41, 5.74) is 0. The quantitative estimate of drug-likeness (QED) is 0.0350. The standard InChI is InChI=1S/C48H92O6/c1-6-8-9-10-11-12-13-14-18-23-28-33-38-46(49)52-41-45(54-48(51)40-35-30-25-20-21-26-31-36-43(3)4)42-53-47(50)39-34-29-24-19-16-15-17-22-27-32-37-44(5)7-2/h43-45H,6-42H2,1-5H3/t44?,45-/m1/s1. The Balaban J connectivity index is 4.32. The molecule has 0 saturated heterocycles. The highest BCUT2D eigenvalue weighted by Crippen LogP contribution is 2.17. The summed E-state index contributed by atoms with van der Waals surface area (Å²) in [5, 5.41) is 0. The number of ether oxygens (including phenoxy) is 3. The van der Waals surface area contributed by atoms with E-state index in [4.69, 9.17) is 14.2 Å². The number of esters is 3. The van der Waals surface area contributed by atoms with Crippen molar-refractivity contribution in [2.75, 3.05) is 13.2 Å². The number of unbranched alkanes of at least 4 members (excludes halogenated alkanes) is 26. The van der Waals surface area contributed by atoms with Crippen LogP contribution in [0, 0.1) is 11.8 Å². The van der Waals surface area contributed by atoms with Crippen molar-refractivity contribution in [2.24, 2.45) is 11.8 Å². The summed E-state index contributed by atoms with van der Waals surface area (Å²) < 4.78 is 16.7. The van der Waals surface area contributed by atoms with Gasteiger partial charge in [-0.15, -0.1) is 0 Å². The van der Waals surface area contributed by atoms with Crippen LogP contribution in [0.3, 0.4) is 0 Å². The Morgan fingerprint density at radius 1 is 0.389 bits per heavy atom. The fourth-order valence-electron chi connectivity index (χ4n) is 7.07. The van der Waals surface area contributed by atoms with Gasteiger partial charge in [-0.3, -0.25) is 14.4 Å². The van der Waals surface area contributed by atoms with E-state index in [0.717, 1.165) is 69.6 Å². The van der Waals surface area contributed by atoms with Crippen molar-refractivity contribution in [3.63, 3.8) is 0 Å². The molecule has 0 saturated carbocycles. The molecule has 320 valence electrons. The van der Waals surface area contributed by atoms with E-state index in [1.807, 2.05) is 0 Å². The van der Waals surface area contributed by atoms with Gasteiger partial charge in [-0.25, -0.2) is 0 Å². The molecular weight excluding hydrogens is 673 g/mol. The first-order chi connectivity index (χ1) is 26.3. The summed E-state index contributed by atoms with van der Waals surface area (Å²) in [5.74, 6) is 0.790. The summed E-state index contributed by atoms with van der Waals surface area (Å²) in [6.07, 6.45) is 39.4. The number of rotatable bonds is 42. The zero-order valence-corrected chi connectivity index (χ0v) is 36.8. The molecular formula is C48H92O6. The molecule has 0 radical (unpaired) electrons. The number of carbonyl (C=O) groups excluding carboxylic acids is 3. The highest BCUT2D eigenvalue weighted by molar-refractivity contribution is 5.71. The third-order valence-electron chi connectivity index (χ3n) is 11.1. The van der Waals surface area contributed by atoms with Crippen molar-refractivity contribution in [2.45, 2.75) is 265 Å². The van der Waals surface area contributed by atoms with Crippen LogP contribution in [-0.2, 0) is 28.6 Å². The fourth-order valence-corrected chi connectivity index (χ4v) is 7.07. The summed E-state index contributed by atoms with van der Waals surface area (Å²) in [6, 6.07) is 0. The Kier molecular flexibility index (Phi) is 39.8. The lowest BCUT2D eigenvalue weighted by Crippen LogP contribution is -2.30. The Morgan fingerprint density at radius 3 is 1.06 bits per heavy atom. The van der Waals surface area contributed by atoms with Gasteiger partial charge >= 0.3 is 17.9 Å². The molecule has 0 aliphatic carbocycles. The van der Waals surface area contributed by atoms with Crippen LogP contribution in [-0.4, -0.2) is 37.2 Å². The molecule has 0 N–H and O–H groups in total. The van der Waals surface area contributed by atoms with Crippen LogP contribution < -0.4 is 0 Å². The molecule has 0 aromatic rings. The van der Waals surface area contributed by atoms with Crippen molar-refractivity contribution in [3.05, 3.63) is 0 Å². The molecule has 0 bridgehead atoms. The van der Waals surface area contributed by atoms with Crippen LogP contribution in [0.25, 0.3) is 0 Å². The number of hydrogen-bond acceptors (Lipinski definition) is 6. The summed E-state index contributed by atoms with van der Waals surface area (Å²) in [6.45, 7) is 11.3. The van der Waals surface area contributed by atoms with Crippen LogP contribution in [0.5, 0.6) is 0 Å². The van der Waals surface area contributed by atoms with E-state index in [0.29, 0.717) is 19.3 Å². The monoisotopic (exact) mass is 765 g/mol. The normalized spacial score (nSPS) is 12.6. The van der Waals surface area contributed by atoms with Crippen molar-refractivity contribution in [1.29, 1.82) is 0 Å². The van der Waals surface area contributed by atoms with Gasteiger partial charge < -0.3 is 14.2 Å². The van der Waals surface area contributed by atoms with Crippen LogP contribution in [0.4, 0.5) is 0 Å². The zero-order chi connectivity index (χ0) is 39.7. The molecule has 0 aliphatic heterocycles. The number of carbonyl (C=O) groups is 3. The van der Waals surface area contributed by atoms with Crippen LogP contribution >= 0.6 is 0 Å². The van der Waals surface area contributed by atoms with E-state index in [9.17, 15) is 14.4 Å². The van der Waals surface area contributed by atoms with Gasteiger partial charge in [0.1, 0.15) is 13.2 Å². The molecule has 0 rings (SSSR count). The first-order valence-electron chi connectivity index (χ1n) is 23.8. The molecule has 0 amide bonds. The summed E-state index contributed by atoms with van der Waals surface area (Å²) in [4.78, 5) is 37.7. The third kappa shape index (κ3) is 40.1. The molecule has 0 aromatic heterocycles. The minimum Gasteiger partial charge on any atom is -0.462 e. The second kappa shape index (κ2) is 41.1. The SMILES string of the molecule is CCCCCCCCCCCCCCC(=O)OC[C@H](COC(=O)CCCCCCCCCCCCC(C)CC)OC(=O)CCCCCCCCCC(C)C. The Bertz CT molecular complexity index is 826. The first-order valence-corrected chi connectivity index (χ1v) is 23.8. The minimum atomic E-state index is -0.761. The van der Waals surface area contributed by atoms with Gasteiger partial charge in [0.2, 0.25) is 0 Å². The maximum absolute atomic E-state index is 12.7. The fraction of sp³-hybridized carbons (Fsp3) is 0.938. The third-order valence-corrected chi connectivity index (χ3v) is 11.1. The zero-order valence-electron chi connectivity index (χ0n) is 36.8. The highest BCUT2D eigenvalue weighted by Gasteiger charge is 2.19. The molecule has 0 fully saturated rings. The van der Waals surface area contributed by atoms with Gasteiger partial charge in [-0.05, 0) is 31.1 Å². The van der Waals surface area contributed by atoms with E-state index in [2.05, 4.69) is 34.6 Å². The van der Waals surface area contributed by atoms with Gasteiger partial charge in [-0.1, -0.05) is 221 Å². The van der Waals surface area contributed by atoms with E-state index >= 15 is 0 Å². The average Bonchev–Trinajstić information content (AvgIpc) is 3.15. The second-order valence-corrected chi connectivity index (χ2v) is 17.1. The molecule has 0 spiro atoms. The smallest absolute Gasteiger partial charge is 0.306 e. The van der Waals surface area contributed by atoms with E-state index in [1.165, 1.54) is 148 Å². The Hall–Kier alpha value is -1.59. The molecule has 6 nitrogen and oxygen atoms in total. The maximum atomic E-state index is 12.7. The predicted octanol–water partition coefficient (Wildman–Crippen LogP) is 15.0. The Morgan fingerprint density at radius 2 is 0.704 bits per heavy atom. The average molecular weight is 765 g/mol.